The van der Waals surface area contributed by atoms with Crippen molar-refractivity contribution in [3.8, 4) is 0 Å². The normalized spacial score (nSPS) is 13.4. The van der Waals surface area contributed by atoms with E-state index in [0.29, 0.717) is 21.4 Å². The van der Waals surface area contributed by atoms with Crippen LogP contribution in [0.25, 0.3) is 10.1 Å². The topological polar surface area (TPSA) is 46.5 Å². The molecule has 0 bridgehead atoms. The molecule has 0 aliphatic carbocycles. The number of benzene rings is 1. The number of carbonyl (C=O) groups excluding carboxylic acids is 1. The van der Waals surface area contributed by atoms with Gasteiger partial charge in [-0.2, -0.15) is 13.2 Å². The minimum absolute atomic E-state index is 0.120. The summed E-state index contributed by atoms with van der Waals surface area (Å²) in [7, 11) is 0. The van der Waals surface area contributed by atoms with Crippen LogP contribution in [0.3, 0.4) is 0 Å². The van der Waals surface area contributed by atoms with E-state index in [0.717, 1.165) is 6.07 Å². The van der Waals surface area contributed by atoms with Crippen LogP contribution >= 0.6 is 11.3 Å². The van der Waals surface area contributed by atoms with Crippen LogP contribution in [0.5, 0.6) is 0 Å². The molecule has 3 nitrogen and oxygen atoms in total. The van der Waals surface area contributed by atoms with Crippen LogP contribution in [0.4, 0.5) is 13.2 Å². The molecule has 0 saturated carbocycles. The smallest absolute Gasteiger partial charge is 0.425 e. The average molecular weight is 304 g/mol. The second-order valence-corrected chi connectivity index (χ2v) is 5.14. The molecule has 0 amide bonds. The summed E-state index contributed by atoms with van der Waals surface area (Å²) in [6.07, 6.45) is -5.89. The minimum atomic E-state index is -4.40. The number of halogens is 3. The maximum atomic E-state index is 12.6. The molecular formula is C13H11F3O3S. The van der Waals surface area contributed by atoms with Gasteiger partial charge in [0.2, 0.25) is 0 Å². The zero-order chi connectivity index (χ0) is 14.9. The van der Waals surface area contributed by atoms with Crippen LogP contribution in [0.1, 0.15) is 23.5 Å². The van der Waals surface area contributed by atoms with E-state index < -0.39 is 23.1 Å². The van der Waals surface area contributed by atoms with Crippen LogP contribution in [0.15, 0.2) is 24.3 Å². The van der Waals surface area contributed by atoms with Gasteiger partial charge in [-0.1, -0.05) is 6.07 Å². The third-order valence-corrected chi connectivity index (χ3v) is 3.81. The van der Waals surface area contributed by atoms with Crippen molar-refractivity contribution in [3.05, 3.63) is 34.7 Å². The summed E-state index contributed by atoms with van der Waals surface area (Å²) in [5.74, 6) is -0.821. The largest absolute Gasteiger partial charge is 0.464 e. The van der Waals surface area contributed by atoms with Crippen molar-refractivity contribution in [1.82, 2.24) is 0 Å². The molecule has 2 rings (SSSR count). The van der Waals surface area contributed by atoms with Crippen molar-refractivity contribution in [2.75, 3.05) is 6.61 Å². The Bertz CT molecular complexity index is 633. The first kappa shape index (κ1) is 14.8. The van der Waals surface area contributed by atoms with E-state index in [-0.39, 0.29) is 12.2 Å². The maximum absolute atomic E-state index is 12.6. The number of rotatable bonds is 3. The molecule has 0 saturated heterocycles. The number of alkyl halides is 3. The quantitative estimate of drug-likeness (QED) is 0.883. The van der Waals surface area contributed by atoms with E-state index in [1.807, 2.05) is 0 Å². The van der Waals surface area contributed by atoms with Gasteiger partial charge in [-0.25, -0.2) is 4.79 Å². The second kappa shape index (κ2) is 5.41. The summed E-state index contributed by atoms with van der Waals surface area (Å²) in [4.78, 5) is 10.7. The van der Waals surface area contributed by atoms with Gasteiger partial charge in [0, 0.05) is 4.70 Å². The predicted octanol–water partition coefficient (Wildman–Crippen LogP) is 3.52. The molecule has 0 fully saturated rings. The lowest BCUT2D eigenvalue weighted by Gasteiger charge is -2.09. The van der Waals surface area contributed by atoms with Crippen molar-refractivity contribution in [1.29, 1.82) is 0 Å². The Morgan fingerprint density at radius 2 is 2.10 bits per heavy atom. The molecule has 1 aromatic carbocycles. The third kappa shape index (κ3) is 2.94. The van der Waals surface area contributed by atoms with Crippen molar-refractivity contribution in [2.45, 2.75) is 19.2 Å². The van der Waals surface area contributed by atoms with Gasteiger partial charge < -0.3 is 9.84 Å². The maximum Gasteiger partial charge on any atom is 0.425 e. The number of aliphatic hydroxyl groups excluding tert-OH is 1. The molecule has 0 aliphatic heterocycles. The summed E-state index contributed by atoms with van der Waals surface area (Å²) >= 11 is 0.620. The average Bonchev–Trinajstić information content (AvgIpc) is 2.80. The van der Waals surface area contributed by atoms with Gasteiger partial charge in [-0.3, -0.25) is 0 Å². The van der Waals surface area contributed by atoms with E-state index in [2.05, 4.69) is 4.74 Å². The Morgan fingerprint density at radius 3 is 2.70 bits per heavy atom. The second-order valence-electron chi connectivity index (χ2n) is 4.06. The molecule has 1 heterocycles. The summed E-state index contributed by atoms with van der Waals surface area (Å²) < 4.78 is 42.9. The molecule has 1 atom stereocenters. The minimum Gasteiger partial charge on any atom is -0.464 e. The predicted molar refractivity (Wildman–Crippen MR) is 68.4 cm³/mol. The standard InChI is InChI=1S/C13H11F3O3S/c1-2-19-12(18)11(17)7-3-4-9-8(5-7)6-10(20-9)13(14,15)16/h3-6,11,17H,2H2,1H3. The molecule has 1 aromatic heterocycles. The fourth-order valence-electron chi connectivity index (χ4n) is 1.73. The Balaban J connectivity index is 2.36. The number of esters is 1. The van der Waals surface area contributed by atoms with Crippen molar-refractivity contribution >= 4 is 27.4 Å². The lowest BCUT2D eigenvalue weighted by molar-refractivity contribution is -0.153. The molecule has 0 aliphatic rings. The monoisotopic (exact) mass is 304 g/mol. The first-order valence-electron chi connectivity index (χ1n) is 5.78. The number of hydrogen-bond donors (Lipinski definition) is 1. The Kier molecular flexibility index (Phi) is 4.01. The molecule has 1 unspecified atom stereocenters. The van der Waals surface area contributed by atoms with Crippen LogP contribution in [-0.2, 0) is 15.7 Å². The van der Waals surface area contributed by atoms with Crippen LogP contribution < -0.4 is 0 Å². The molecule has 108 valence electrons. The van der Waals surface area contributed by atoms with E-state index >= 15 is 0 Å². The molecule has 7 heteroatoms. The highest BCUT2D eigenvalue weighted by atomic mass is 32.1. The number of aliphatic hydroxyl groups is 1. The van der Waals surface area contributed by atoms with Gasteiger partial charge in [-0.05, 0) is 36.1 Å². The molecule has 0 spiro atoms. The summed E-state index contributed by atoms with van der Waals surface area (Å²) in [5.41, 5.74) is 0.211. The van der Waals surface area contributed by atoms with Gasteiger partial charge in [-0.15, -0.1) is 11.3 Å². The fourth-order valence-corrected chi connectivity index (χ4v) is 2.64. The zero-order valence-electron chi connectivity index (χ0n) is 10.4. The highest BCUT2D eigenvalue weighted by molar-refractivity contribution is 7.19. The molecule has 20 heavy (non-hydrogen) atoms. The summed E-state index contributed by atoms with van der Waals surface area (Å²) in [5, 5.41) is 10.1. The van der Waals surface area contributed by atoms with Gasteiger partial charge in [0.1, 0.15) is 4.88 Å². The molecule has 0 radical (unpaired) electrons. The number of thiophene rings is 1. The van der Waals surface area contributed by atoms with E-state index in [1.165, 1.54) is 18.2 Å². The SMILES string of the molecule is CCOC(=O)C(O)c1ccc2sc(C(F)(F)F)cc2c1. The Hall–Kier alpha value is -1.60. The summed E-state index contributed by atoms with van der Waals surface area (Å²) in [6.45, 7) is 1.72. The van der Waals surface area contributed by atoms with Crippen LogP contribution in [-0.4, -0.2) is 17.7 Å². The fraction of sp³-hybridized carbons (Fsp3) is 0.308. The van der Waals surface area contributed by atoms with E-state index in [4.69, 9.17) is 0 Å². The van der Waals surface area contributed by atoms with Gasteiger partial charge in [0.25, 0.3) is 0 Å². The lowest BCUT2D eigenvalue weighted by Crippen LogP contribution is -2.15. The highest BCUT2D eigenvalue weighted by Crippen LogP contribution is 2.38. The van der Waals surface area contributed by atoms with Crippen LogP contribution in [0, 0.1) is 0 Å². The third-order valence-electron chi connectivity index (χ3n) is 2.65. The van der Waals surface area contributed by atoms with Crippen molar-refractivity contribution in [3.63, 3.8) is 0 Å². The van der Waals surface area contributed by atoms with Gasteiger partial charge >= 0.3 is 12.1 Å². The lowest BCUT2D eigenvalue weighted by atomic mass is 10.1. The Morgan fingerprint density at radius 1 is 1.40 bits per heavy atom. The van der Waals surface area contributed by atoms with Crippen LogP contribution in [0.2, 0.25) is 0 Å². The van der Waals surface area contributed by atoms with Gasteiger partial charge in [0.15, 0.2) is 6.10 Å². The van der Waals surface area contributed by atoms with E-state index in [1.54, 1.807) is 6.92 Å². The number of carbonyl (C=O) groups is 1. The molecular weight excluding hydrogens is 293 g/mol. The Labute approximate surface area is 116 Å². The first-order valence-corrected chi connectivity index (χ1v) is 6.60. The van der Waals surface area contributed by atoms with Gasteiger partial charge in [0.05, 0.1) is 6.61 Å². The zero-order valence-corrected chi connectivity index (χ0v) is 11.2. The molecule has 2 aromatic rings. The number of fused-ring (bicyclic) bond motifs is 1. The van der Waals surface area contributed by atoms with Crippen molar-refractivity contribution < 1.29 is 27.8 Å². The first-order chi connectivity index (χ1) is 9.32. The van der Waals surface area contributed by atoms with Crippen molar-refractivity contribution in [2.24, 2.45) is 0 Å². The highest BCUT2D eigenvalue weighted by Gasteiger charge is 2.32. The van der Waals surface area contributed by atoms with E-state index in [9.17, 15) is 23.1 Å². The summed E-state index contributed by atoms with van der Waals surface area (Å²) in [6, 6.07) is 5.23. The number of ether oxygens (including phenoxy) is 1. The molecule has 1 N–H and O–H groups in total. The number of hydrogen-bond acceptors (Lipinski definition) is 4.